The zero-order valence-electron chi connectivity index (χ0n) is 20.7. The van der Waals surface area contributed by atoms with Crippen molar-refractivity contribution in [1.82, 2.24) is 15.0 Å². The number of rotatable bonds is 5. The Morgan fingerprint density at radius 3 is 2.47 bits per heavy atom. The second kappa shape index (κ2) is 9.44. The summed E-state index contributed by atoms with van der Waals surface area (Å²) in [6.45, 7) is 1.97. The molecule has 2 unspecified atom stereocenters. The third-order valence-corrected chi connectivity index (χ3v) is 8.73. The second-order valence-electron chi connectivity index (χ2n) is 10.4. The van der Waals surface area contributed by atoms with Gasteiger partial charge in [-0.1, -0.05) is 61.0 Å². The molecule has 0 amide bonds. The van der Waals surface area contributed by atoms with E-state index in [1.807, 2.05) is 49.6 Å². The van der Waals surface area contributed by atoms with E-state index in [-0.39, 0.29) is 5.82 Å². The number of hydrogen-bond donors (Lipinski definition) is 0. The molecule has 36 heavy (non-hydrogen) atoms. The molecule has 0 aliphatic heterocycles. The average molecular weight is 497 g/mol. The lowest BCUT2D eigenvalue weighted by molar-refractivity contribution is 0.316. The maximum Gasteiger partial charge on any atom is 0.188 e. The van der Waals surface area contributed by atoms with Crippen LogP contribution in [0, 0.1) is 35.9 Å². The van der Waals surface area contributed by atoms with Gasteiger partial charge in [0.15, 0.2) is 11.0 Å². The summed E-state index contributed by atoms with van der Waals surface area (Å²) in [5, 5.41) is 12.6. The van der Waals surface area contributed by atoms with Crippen LogP contribution in [0.2, 0.25) is 0 Å². The van der Waals surface area contributed by atoms with Gasteiger partial charge in [0.25, 0.3) is 0 Å². The van der Waals surface area contributed by atoms with Crippen molar-refractivity contribution < 1.29 is 4.39 Å². The molecule has 2 atom stereocenters. The lowest BCUT2D eigenvalue weighted by Crippen LogP contribution is -2.17. The van der Waals surface area contributed by atoms with Crippen molar-refractivity contribution in [1.29, 1.82) is 5.26 Å². The first-order valence-electron chi connectivity index (χ1n) is 12.9. The van der Waals surface area contributed by atoms with Crippen LogP contribution in [0.5, 0.6) is 0 Å². The Hall–Kier alpha value is -3.04. The minimum Gasteiger partial charge on any atom is -0.249 e. The van der Waals surface area contributed by atoms with Crippen molar-refractivity contribution in [3.63, 3.8) is 0 Å². The number of halogens is 1. The summed E-state index contributed by atoms with van der Waals surface area (Å²) >= 11 is 1.47. The van der Waals surface area contributed by atoms with Crippen LogP contribution < -0.4 is 0 Å². The van der Waals surface area contributed by atoms with Gasteiger partial charge in [-0.05, 0) is 67.0 Å². The van der Waals surface area contributed by atoms with Crippen LogP contribution >= 0.6 is 11.8 Å². The van der Waals surface area contributed by atoms with Gasteiger partial charge in [-0.15, -0.1) is 0 Å². The Morgan fingerprint density at radius 1 is 1.00 bits per heavy atom. The van der Waals surface area contributed by atoms with E-state index in [1.165, 1.54) is 31.0 Å². The van der Waals surface area contributed by atoms with Crippen molar-refractivity contribution in [2.24, 2.45) is 11.8 Å². The van der Waals surface area contributed by atoms with Crippen molar-refractivity contribution in [2.75, 3.05) is 6.26 Å². The summed E-state index contributed by atoms with van der Waals surface area (Å²) in [6.07, 6.45) is 9.20. The van der Waals surface area contributed by atoms with Crippen LogP contribution in [0.15, 0.2) is 41.6 Å². The Kier molecular flexibility index (Phi) is 6.13. The van der Waals surface area contributed by atoms with Crippen molar-refractivity contribution in [3.05, 3.63) is 59.2 Å². The molecule has 4 aromatic rings. The third-order valence-electron chi connectivity index (χ3n) is 8.18. The van der Waals surface area contributed by atoms with Gasteiger partial charge in [-0.3, -0.25) is 0 Å². The molecule has 2 heterocycles. The van der Waals surface area contributed by atoms with Crippen LogP contribution in [0.1, 0.15) is 61.4 Å². The molecule has 4 nitrogen and oxygen atoms in total. The highest BCUT2D eigenvalue weighted by Gasteiger charge is 2.37. The number of aromatic nitrogens is 3. The van der Waals surface area contributed by atoms with Gasteiger partial charge in [-0.25, -0.2) is 19.3 Å². The molecule has 0 spiro atoms. The van der Waals surface area contributed by atoms with Gasteiger partial charge < -0.3 is 0 Å². The SMILES string of the molecule is CSc1nc(C2CC3CCC(C3)C2)c2c(C)nc(-c3cccc4cccc(CCC#N)c34)c(F)c2n1. The van der Waals surface area contributed by atoms with E-state index in [2.05, 4.69) is 6.07 Å². The van der Waals surface area contributed by atoms with Crippen LogP contribution in [0.4, 0.5) is 4.39 Å². The summed E-state index contributed by atoms with van der Waals surface area (Å²) in [4.78, 5) is 14.5. The first-order valence-corrected chi connectivity index (χ1v) is 14.1. The largest absolute Gasteiger partial charge is 0.249 e. The average Bonchev–Trinajstić information content (AvgIpc) is 3.25. The zero-order chi connectivity index (χ0) is 24.8. The Bertz CT molecular complexity index is 1510. The van der Waals surface area contributed by atoms with E-state index in [9.17, 15) is 0 Å². The molecular formula is C30H29FN4S. The number of hydrogen-bond acceptors (Lipinski definition) is 5. The molecule has 0 radical (unpaired) electrons. The number of nitrogens with zero attached hydrogens (tertiary/aromatic N) is 4. The monoisotopic (exact) mass is 496 g/mol. The number of nitriles is 1. The van der Waals surface area contributed by atoms with E-state index in [1.54, 1.807) is 0 Å². The first kappa shape index (κ1) is 23.4. The maximum absolute atomic E-state index is 16.5. The fourth-order valence-corrected chi connectivity index (χ4v) is 7.04. The van der Waals surface area contributed by atoms with Gasteiger partial charge in [-0.2, -0.15) is 5.26 Å². The summed E-state index contributed by atoms with van der Waals surface area (Å²) in [5.74, 6) is 1.48. The molecule has 2 bridgehead atoms. The fourth-order valence-electron chi connectivity index (χ4n) is 6.67. The molecule has 2 aromatic carbocycles. The number of pyridine rings is 1. The van der Waals surface area contributed by atoms with Crippen LogP contribution in [0.25, 0.3) is 32.9 Å². The minimum absolute atomic E-state index is 0.329. The molecule has 6 rings (SSSR count). The number of benzene rings is 2. The van der Waals surface area contributed by atoms with E-state index in [0.29, 0.717) is 35.1 Å². The molecule has 0 N–H and O–H groups in total. The highest BCUT2D eigenvalue weighted by molar-refractivity contribution is 7.98. The predicted molar refractivity (Wildman–Crippen MR) is 143 cm³/mol. The van der Waals surface area contributed by atoms with E-state index >= 15 is 4.39 Å². The standard InChI is InChI=1S/C30H29FN4S/c1-17-24-27(22-15-18-11-12-19(14-18)16-22)34-30(36-2)35-29(24)26(31)28(33-17)23-10-4-8-20-6-3-7-21(25(20)23)9-5-13-32/h3-4,6-8,10,18-19,22H,5,9,11-12,14-16H2,1-2H3. The van der Waals surface area contributed by atoms with Crippen LogP contribution in [-0.2, 0) is 6.42 Å². The van der Waals surface area contributed by atoms with Gasteiger partial charge in [0.2, 0.25) is 0 Å². The van der Waals surface area contributed by atoms with Gasteiger partial charge >= 0.3 is 0 Å². The molecule has 2 aromatic heterocycles. The Labute approximate surface area is 215 Å². The molecule has 2 saturated carbocycles. The van der Waals surface area contributed by atoms with Gasteiger partial charge in [0.1, 0.15) is 11.2 Å². The van der Waals surface area contributed by atoms with Crippen LogP contribution in [0.3, 0.4) is 0 Å². The minimum atomic E-state index is -0.379. The van der Waals surface area contributed by atoms with E-state index in [4.69, 9.17) is 20.2 Å². The topological polar surface area (TPSA) is 62.5 Å². The number of aryl methyl sites for hydroxylation is 2. The predicted octanol–water partition coefficient (Wildman–Crippen LogP) is 7.76. The summed E-state index contributed by atoms with van der Waals surface area (Å²) in [7, 11) is 0. The highest BCUT2D eigenvalue weighted by atomic mass is 32.2. The number of thioether (sulfide) groups is 1. The van der Waals surface area contributed by atoms with Crippen molar-refractivity contribution in [3.8, 4) is 17.3 Å². The molecule has 2 fully saturated rings. The summed E-state index contributed by atoms with van der Waals surface area (Å²) in [5.41, 5.74) is 4.28. The Balaban J connectivity index is 1.57. The lowest BCUT2D eigenvalue weighted by atomic mass is 9.78. The summed E-state index contributed by atoms with van der Waals surface area (Å²) < 4.78 is 16.5. The highest BCUT2D eigenvalue weighted by Crippen LogP contribution is 2.49. The molecule has 182 valence electrons. The Morgan fingerprint density at radius 2 is 1.75 bits per heavy atom. The maximum atomic E-state index is 16.5. The zero-order valence-corrected chi connectivity index (χ0v) is 21.5. The fraction of sp³-hybridized carbons (Fsp3) is 0.400. The van der Waals surface area contributed by atoms with Crippen molar-refractivity contribution in [2.45, 2.75) is 62.9 Å². The van der Waals surface area contributed by atoms with Gasteiger partial charge in [0, 0.05) is 29.0 Å². The smallest absolute Gasteiger partial charge is 0.188 e. The first-order chi connectivity index (χ1) is 17.6. The third kappa shape index (κ3) is 3.94. The van der Waals surface area contributed by atoms with Crippen molar-refractivity contribution >= 4 is 33.4 Å². The summed E-state index contributed by atoms with van der Waals surface area (Å²) in [6, 6.07) is 14.2. The molecule has 2 aliphatic rings. The van der Waals surface area contributed by atoms with Crippen LogP contribution in [-0.4, -0.2) is 21.2 Å². The number of fused-ring (bicyclic) bond motifs is 4. The van der Waals surface area contributed by atoms with Gasteiger partial charge in [0.05, 0.1) is 11.8 Å². The van der Waals surface area contributed by atoms with E-state index in [0.717, 1.165) is 63.4 Å². The second-order valence-corrected chi connectivity index (χ2v) is 11.1. The van der Waals surface area contributed by atoms with E-state index < -0.39 is 0 Å². The molecule has 2 aliphatic carbocycles. The quantitative estimate of drug-likeness (QED) is 0.209. The molecule has 0 saturated heterocycles. The molecular weight excluding hydrogens is 467 g/mol. The molecule has 6 heteroatoms. The lowest BCUT2D eigenvalue weighted by Gasteiger charge is -2.28. The normalized spacial score (nSPS) is 21.2.